The third-order valence-corrected chi connectivity index (χ3v) is 7.66. The van der Waals surface area contributed by atoms with E-state index >= 15 is 0 Å². The number of hydrogen-bond acceptors (Lipinski definition) is 0. The van der Waals surface area contributed by atoms with Crippen molar-refractivity contribution in [1.82, 2.24) is 0 Å². The van der Waals surface area contributed by atoms with E-state index in [4.69, 9.17) is 0 Å². The zero-order valence-electron chi connectivity index (χ0n) is 24.7. The smallest absolute Gasteiger partial charge is 0.169 e. The topological polar surface area (TPSA) is 3.88 Å². The monoisotopic (exact) mass is 583 g/mol. The van der Waals surface area contributed by atoms with Crippen LogP contribution in [0.2, 0.25) is 0 Å². The van der Waals surface area contributed by atoms with Gasteiger partial charge in [-0.1, -0.05) is 120 Å². The van der Waals surface area contributed by atoms with Gasteiger partial charge in [0.25, 0.3) is 0 Å². The maximum absolute atomic E-state index is 2.43. The molecule has 1 heterocycles. The Morgan fingerprint density at radius 2 is 0.947 bits per heavy atom. The molecule has 0 N–H and O–H groups in total. The molecule has 0 unspecified atom stereocenters. The second-order valence-electron chi connectivity index (χ2n) is 11.1. The van der Waals surface area contributed by atoms with Crippen LogP contribution in [0, 0.1) is 0 Å². The maximum atomic E-state index is 2.43. The van der Waals surface area contributed by atoms with Crippen LogP contribution in [0.25, 0.3) is 0 Å². The van der Waals surface area contributed by atoms with E-state index in [1.54, 1.807) is 0 Å². The molecule has 214 valence electrons. The van der Waals surface area contributed by atoms with Crippen LogP contribution in [0.15, 0.2) is 67.0 Å². The van der Waals surface area contributed by atoms with Gasteiger partial charge < -0.3 is 17.0 Å². The molecule has 0 atom stereocenters. The molecule has 2 heteroatoms. The minimum atomic E-state index is 0. The average molecular weight is 585 g/mol. The van der Waals surface area contributed by atoms with Crippen LogP contribution in [0.1, 0.15) is 140 Å². The number of unbranched alkanes of at least 4 members (excludes halogenated alkanes) is 16. The van der Waals surface area contributed by atoms with E-state index in [2.05, 4.69) is 78.5 Å². The van der Waals surface area contributed by atoms with Crippen molar-refractivity contribution >= 4 is 0 Å². The van der Waals surface area contributed by atoms with Gasteiger partial charge in [-0.25, -0.2) is 4.57 Å². The molecule has 2 aromatic rings. The van der Waals surface area contributed by atoms with Crippen molar-refractivity contribution in [2.45, 2.75) is 148 Å². The van der Waals surface area contributed by atoms with Gasteiger partial charge in [0.15, 0.2) is 12.4 Å². The first kappa shape index (κ1) is 34.6. The van der Waals surface area contributed by atoms with Crippen LogP contribution in [0.4, 0.5) is 0 Å². The SMILES string of the molecule is CCCCCCCC/C=C\CCCCCCCCCc1cc[n+](CCCCCCc2ccccc2)cc1.[Br-]. The molecule has 1 nitrogen and oxygen atoms in total. The molecule has 2 rings (SSSR count). The summed E-state index contributed by atoms with van der Waals surface area (Å²) in [5.74, 6) is 0. The second kappa shape index (κ2) is 25.8. The quantitative estimate of drug-likeness (QED) is 0.0675. The Morgan fingerprint density at radius 3 is 1.50 bits per heavy atom. The fourth-order valence-corrected chi connectivity index (χ4v) is 5.18. The zero-order chi connectivity index (χ0) is 26.1. The third-order valence-electron chi connectivity index (χ3n) is 7.66. The molecule has 0 aliphatic heterocycles. The van der Waals surface area contributed by atoms with E-state index in [1.807, 2.05) is 0 Å². The highest BCUT2D eigenvalue weighted by Crippen LogP contribution is 2.12. The Kier molecular flexibility index (Phi) is 23.5. The fourth-order valence-electron chi connectivity index (χ4n) is 5.18. The molecule has 0 bridgehead atoms. The van der Waals surface area contributed by atoms with Crippen molar-refractivity contribution in [2.75, 3.05) is 0 Å². The van der Waals surface area contributed by atoms with E-state index in [0.717, 1.165) is 6.54 Å². The Balaban J connectivity index is 0.00000722. The number of aromatic nitrogens is 1. The van der Waals surface area contributed by atoms with Gasteiger partial charge in [-0.2, -0.15) is 0 Å². The minimum Gasteiger partial charge on any atom is -1.00 e. The first-order valence-electron chi connectivity index (χ1n) is 16.1. The lowest BCUT2D eigenvalue weighted by atomic mass is 10.0. The molecular formula is C36H58BrN. The summed E-state index contributed by atoms with van der Waals surface area (Å²) in [6.45, 7) is 3.44. The molecule has 1 aromatic carbocycles. The molecule has 0 aliphatic carbocycles. The van der Waals surface area contributed by atoms with Gasteiger partial charge in [-0.3, -0.25) is 0 Å². The highest BCUT2D eigenvalue weighted by Gasteiger charge is 2.02. The largest absolute Gasteiger partial charge is 1.00 e. The van der Waals surface area contributed by atoms with Crippen molar-refractivity contribution in [3.05, 3.63) is 78.1 Å². The van der Waals surface area contributed by atoms with Gasteiger partial charge in [-0.05, 0) is 68.9 Å². The van der Waals surface area contributed by atoms with E-state index in [0.29, 0.717) is 0 Å². The van der Waals surface area contributed by atoms with Crippen LogP contribution in [-0.2, 0) is 19.4 Å². The maximum Gasteiger partial charge on any atom is 0.169 e. The number of rotatable bonds is 24. The number of pyridine rings is 1. The summed E-state index contributed by atoms with van der Waals surface area (Å²) in [5.41, 5.74) is 2.98. The molecule has 38 heavy (non-hydrogen) atoms. The third kappa shape index (κ3) is 19.6. The van der Waals surface area contributed by atoms with Crippen molar-refractivity contribution in [3.63, 3.8) is 0 Å². The zero-order valence-corrected chi connectivity index (χ0v) is 26.3. The van der Waals surface area contributed by atoms with Crippen molar-refractivity contribution in [3.8, 4) is 0 Å². The lowest BCUT2D eigenvalue weighted by Gasteiger charge is -2.03. The van der Waals surface area contributed by atoms with E-state index in [-0.39, 0.29) is 17.0 Å². The van der Waals surface area contributed by atoms with Gasteiger partial charge in [0.05, 0.1) is 0 Å². The molecule has 0 spiro atoms. The first-order chi connectivity index (χ1) is 18.4. The minimum absolute atomic E-state index is 0. The van der Waals surface area contributed by atoms with Crippen molar-refractivity contribution in [2.24, 2.45) is 0 Å². The Bertz CT molecular complexity index is 768. The molecule has 0 saturated heterocycles. The summed E-state index contributed by atoms with van der Waals surface area (Å²) in [6, 6.07) is 15.6. The summed E-state index contributed by atoms with van der Waals surface area (Å²) in [5, 5.41) is 0. The highest BCUT2D eigenvalue weighted by molar-refractivity contribution is 5.14. The van der Waals surface area contributed by atoms with Crippen LogP contribution < -0.4 is 21.5 Å². The Morgan fingerprint density at radius 1 is 0.500 bits per heavy atom. The lowest BCUT2D eigenvalue weighted by molar-refractivity contribution is -0.697. The van der Waals surface area contributed by atoms with Gasteiger partial charge in [0.2, 0.25) is 0 Å². The normalized spacial score (nSPS) is 11.2. The summed E-state index contributed by atoms with van der Waals surface area (Å²) in [6.07, 6.45) is 38.0. The first-order valence-corrected chi connectivity index (χ1v) is 16.1. The van der Waals surface area contributed by atoms with Crippen LogP contribution in [-0.4, -0.2) is 0 Å². The fraction of sp³-hybridized carbons (Fsp3) is 0.639. The van der Waals surface area contributed by atoms with E-state index in [9.17, 15) is 0 Å². The van der Waals surface area contributed by atoms with Crippen molar-refractivity contribution in [1.29, 1.82) is 0 Å². The average Bonchev–Trinajstić information content (AvgIpc) is 2.93. The number of benzene rings is 1. The van der Waals surface area contributed by atoms with Gasteiger partial charge in [-0.15, -0.1) is 0 Å². The standard InChI is InChI=1S/C36H58N.BrH/c1-2-3-4-5-6-7-8-9-10-11-12-13-14-15-16-17-21-29-36-30-33-37(34-31-36)32-25-19-18-22-26-35-27-23-20-24-28-35;/h9-10,20,23-24,27-28,30-31,33-34H,2-8,11-19,21-22,25-26,29,32H2,1H3;1H/q+1;/p-1/b10-9-;. The van der Waals surface area contributed by atoms with Gasteiger partial charge in [0, 0.05) is 18.6 Å². The van der Waals surface area contributed by atoms with Crippen LogP contribution in [0.3, 0.4) is 0 Å². The number of allylic oxidation sites excluding steroid dienone is 2. The van der Waals surface area contributed by atoms with Gasteiger partial charge >= 0.3 is 0 Å². The summed E-state index contributed by atoms with van der Waals surface area (Å²) < 4.78 is 2.37. The predicted octanol–water partition coefficient (Wildman–Crippen LogP) is 7.75. The highest BCUT2D eigenvalue weighted by atomic mass is 79.9. The molecule has 0 radical (unpaired) electrons. The van der Waals surface area contributed by atoms with E-state index in [1.165, 1.54) is 146 Å². The number of nitrogens with zero attached hydrogens (tertiary/aromatic N) is 1. The summed E-state index contributed by atoms with van der Waals surface area (Å²) >= 11 is 0. The number of aryl methyl sites for hydroxylation is 3. The second-order valence-corrected chi connectivity index (χ2v) is 11.1. The van der Waals surface area contributed by atoms with Crippen molar-refractivity contribution < 1.29 is 21.5 Å². The molecule has 0 saturated carbocycles. The molecule has 0 amide bonds. The number of halogens is 1. The summed E-state index contributed by atoms with van der Waals surface area (Å²) in [7, 11) is 0. The summed E-state index contributed by atoms with van der Waals surface area (Å²) in [4.78, 5) is 0. The Labute approximate surface area is 247 Å². The molecule has 1 aromatic heterocycles. The lowest BCUT2D eigenvalue weighted by Crippen LogP contribution is -3.00. The van der Waals surface area contributed by atoms with Crippen LogP contribution >= 0.6 is 0 Å². The Hall–Kier alpha value is -1.41. The molecular weight excluding hydrogens is 526 g/mol. The van der Waals surface area contributed by atoms with Gasteiger partial charge in [0.1, 0.15) is 6.54 Å². The molecule has 0 fully saturated rings. The van der Waals surface area contributed by atoms with E-state index < -0.39 is 0 Å². The molecule has 0 aliphatic rings. The number of hydrogen-bond donors (Lipinski definition) is 0. The van der Waals surface area contributed by atoms with Crippen LogP contribution in [0.5, 0.6) is 0 Å². The predicted molar refractivity (Wildman–Crippen MR) is 163 cm³/mol.